The summed E-state index contributed by atoms with van der Waals surface area (Å²) in [5.74, 6) is 0. The predicted octanol–water partition coefficient (Wildman–Crippen LogP) is 5.84. The minimum Gasteiger partial charge on any atom is -0.198 e. The van der Waals surface area contributed by atoms with Gasteiger partial charge in [-0.1, -0.05) is 70.9 Å². The molecule has 0 heterocycles. The summed E-state index contributed by atoms with van der Waals surface area (Å²) >= 11 is 0. The van der Waals surface area contributed by atoms with Crippen LogP contribution in [0.25, 0.3) is 0 Å². The van der Waals surface area contributed by atoms with Crippen LogP contribution in [0.2, 0.25) is 0 Å². The molecule has 0 aliphatic carbocycles. The molecule has 1 rings (SSSR count). The van der Waals surface area contributed by atoms with Gasteiger partial charge in [-0.15, -0.1) is 0 Å². The van der Waals surface area contributed by atoms with Crippen molar-refractivity contribution in [1.29, 1.82) is 5.26 Å². The van der Waals surface area contributed by atoms with Gasteiger partial charge in [-0.3, -0.25) is 0 Å². The third kappa shape index (κ3) is 10.6. The highest BCUT2D eigenvalue weighted by molar-refractivity contribution is 5.29. The Bertz CT molecular complexity index is 430. The van der Waals surface area contributed by atoms with E-state index in [4.69, 9.17) is 5.26 Å². The Morgan fingerprint density at radius 3 is 1.55 bits per heavy atom. The Morgan fingerprint density at radius 1 is 0.850 bits per heavy atom. The molecule has 0 fully saturated rings. The van der Waals surface area contributed by atoms with E-state index in [0.717, 1.165) is 6.42 Å². The van der Waals surface area contributed by atoms with Gasteiger partial charge in [0.2, 0.25) is 0 Å². The molecular weight excluding hydrogens is 242 g/mol. The van der Waals surface area contributed by atoms with Crippen molar-refractivity contribution < 1.29 is 0 Å². The molecule has 0 unspecified atom stereocenters. The topological polar surface area (TPSA) is 23.8 Å². The van der Waals surface area contributed by atoms with Gasteiger partial charge in [-0.05, 0) is 36.7 Å². The van der Waals surface area contributed by atoms with Crippen LogP contribution in [0.4, 0.5) is 0 Å². The Hall–Kier alpha value is -1.29. The Kier molecular flexibility index (Phi) is 7.00. The van der Waals surface area contributed by atoms with Crippen LogP contribution in [-0.4, -0.2) is 0 Å². The molecule has 1 aromatic rings. The zero-order valence-electron chi connectivity index (χ0n) is 14.6. The summed E-state index contributed by atoms with van der Waals surface area (Å²) in [5, 5.41) is 8.15. The number of nitriles is 1. The number of benzene rings is 1. The maximum atomic E-state index is 8.15. The summed E-state index contributed by atoms with van der Waals surface area (Å²) in [4.78, 5) is 0. The van der Waals surface area contributed by atoms with Crippen LogP contribution < -0.4 is 0 Å². The molecule has 0 saturated carbocycles. The number of aryl methyl sites for hydroxylation is 2. The van der Waals surface area contributed by atoms with Crippen LogP contribution in [-0.2, 0) is 6.42 Å². The fourth-order valence-electron chi connectivity index (χ4n) is 2.02. The molecule has 0 N–H and O–H groups in total. The normalized spacial score (nSPS) is 11.3. The molecule has 1 nitrogen and oxygen atoms in total. The second-order valence-electron chi connectivity index (χ2n) is 8.13. The van der Waals surface area contributed by atoms with Gasteiger partial charge >= 0.3 is 0 Å². The summed E-state index contributed by atoms with van der Waals surface area (Å²) < 4.78 is 0. The highest BCUT2D eigenvalue weighted by atomic mass is 14.3. The van der Waals surface area contributed by atoms with Gasteiger partial charge in [-0.25, -0.2) is 0 Å². The molecule has 0 radical (unpaired) electrons. The first kappa shape index (κ1) is 18.7. The second-order valence-corrected chi connectivity index (χ2v) is 8.13. The number of rotatable bonds is 1. The largest absolute Gasteiger partial charge is 0.198 e. The summed E-state index contributed by atoms with van der Waals surface area (Å²) in [7, 11) is 0. The van der Waals surface area contributed by atoms with Crippen LogP contribution >= 0.6 is 0 Å². The number of nitrogens with zero attached hydrogens (tertiary/aromatic N) is 1. The molecule has 112 valence electrons. The van der Waals surface area contributed by atoms with E-state index in [-0.39, 0.29) is 5.41 Å². The van der Waals surface area contributed by atoms with Crippen molar-refractivity contribution in [3.63, 3.8) is 0 Å². The molecule has 1 heteroatoms. The van der Waals surface area contributed by atoms with Crippen LogP contribution in [0, 0.1) is 36.0 Å². The molecule has 0 saturated heterocycles. The first-order valence-electron chi connectivity index (χ1n) is 7.37. The smallest absolute Gasteiger partial charge is 0.0627 e. The molecule has 0 amide bonds. The highest BCUT2D eigenvalue weighted by Crippen LogP contribution is 2.21. The van der Waals surface area contributed by atoms with Gasteiger partial charge in [-0.2, -0.15) is 5.26 Å². The van der Waals surface area contributed by atoms with Crippen molar-refractivity contribution in [2.24, 2.45) is 10.8 Å². The molecule has 0 bridgehead atoms. The summed E-state index contributed by atoms with van der Waals surface area (Å²) in [6, 6.07) is 8.92. The zero-order valence-corrected chi connectivity index (χ0v) is 14.6. The lowest BCUT2D eigenvalue weighted by atomic mass is 9.87. The fourth-order valence-corrected chi connectivity index (χ4v) is 2.02. The third-order valence-electron chi connectivity index (χ3n) is 2.63. The maximum absolute atomic E-state index is 8.15. The van der Waals surface area contributed by atoms with E-state index in [9.17, 15) is 0 Å². The van der Waals surface area contributed by atoms with Gasteiger partial charge in [0.15, 0.2) is 0 Å². The van der Waals surface area contributed by atoms with Gasteiger partial charge in [0.25, 0.3) is 0 Å². The molecule has 0 aromatic heterocycles. The van der Waals surface area contributed by atoms with E-state index in [2.05, 4.69) is 79.7 Å². The van der Waals surface area contributed by atoms with Crippen molar-refractivity contribution in [2.45, 2.75) is 68.2 Å². The van der Waals surface area contributed by atoms with E-state index in [1.54, 1.807) is 0 Å². The Morgan fingerprint density at radius 2 is 1.30 bits per heavy atom. The van der Waals surface area contributed by atoms with E-state index in [1.807, 2.05) is 0 Å². The minimum absolute atomic E-state index is 0.189. The summed E-state index contributed by atoms with van der Waals surface area (Å²) in [5.41, 5.74) is 4.79. The predicted molar refractivity (Wildman–Crippen MR) is 88.8 cm³/mol. The molecule has 0 spiro atoms. The average Bonchev–Trinajstić information content (AvgIpc) is 2.10. The molecule has 0 aliphatic rings. The van der Waals surface area contributed by atoms with Crippen LogP contribution in [0.5, 0.6) is 0 Å². The molecule has 0 atom stereocenters. The lowest BCUT2D eigenvalue weighted by Crippen LogP contribution is -2.09. The van der Waals surface area contributed by atoms with Gasteiger partial charge in [0, 0.05) is 6.42 Å². The summed E-state index contributed by atoms with van der Waals surface area (Å²) in [6.07, 6.45) is 1.81. The number of hydrogen-bond acceptors (Lipinski definition) is 1. The van der Waals surface area contributed by atoms with Crippen molar-refractivity contribution in [2.75, 3.05) is 0 Å². The third-order valence-corrected chi connectivity index (χ3v) is 2.63. The summed E-state index contributed by atoms with van der Waals surface area (Å²) in [6.45, 7) is 17.3. The van der Waals surface area contributed by atoms with Gasteiger partial charge in [0.05, 0.1) is 6.07 Å². The first-order chi connectivity index (χ1) is 8.93. The maximum Gasteiger partial charge on any atom is 0.0627 e. The monoisotopic (exact) mass is 273 g/mol. The standard InChI is InChI=1S/C13H20.C6H11N/c1-10-6-11(2)8-12(7-10)9-13(3,4)5;1-6(2,3)4-5-7/h6-8H,9H2,1-5H3;4H2,1-3H3. The van der Waals surface area contributed by atoms with E-state index < -0.39 is 0 Å². The van der Waals surface area contributed by atoms with Crippen molar-refractivity contribution >= 4 is 0 Å². The van der Waals surface area contributed by atoms with E-state index in [0.29, 0.717) is 11.8 Å². The van der Waals surface area contributed by atoms with E-state index >= 15 is 0 Å². The second kappa shape index (κ2) is 7.48. The molecule has 1 aromatic carbocycles. The minimum atomic E-state index is 0.189. The zero-order chi connectivity index (χ0) is 16.0. The quantitative estimate of drug-likeness (QED) is 0.630. The SMILES string of the molecule is CC(C)(C)CC#N.Cc1cc(C)cc(CC(C)(C)C)c1. The fraction of sp³-hybridized carbons (Fsp3) is 0.632. The van der Waals surface area contributed by atoms with Crippen LogP contribution in [0.3, 0.4) is 0 Å². The average molecular weight is 273 g/mol. The lowest BCUT2D eigenvalue weighted by molar-refractivity contribution is 0.411. The Balaban J connectivity index is 0.000000441. The van der Waals surface area contributed by atoms with Gasteiger partial charge in [0.1, 0.15) is 0 Å². The van der Waals surface area contributed by atoms with Crippen molar-refractivity contribution in [3.05, 3.63) is 34.9 Å². The van der Waals surface area contributed by atoms with Crippen LogP contribution in [0.1, 0.15) is 64.7 Å². The van der Waals surface area contributed by atoms with Crippen LogP contribution in [0.15, 0.2) is 18.2 Å². The van der Waals surface area contributed by atoms with Crippen molar-refractivity contribution in [3.8, 4) is 6.07 Å². The highest BCUT2D eigenvalue weighted by Gasteiger charge is 2.11. The lowest BCUT2D eigenvalue weighted by Gasteiger charge is -2.18. The van der Waals surface area contributed by atoms with Gasteiger partial charge < -0.3 is 0 Å². The molecular formula is C19H31N. The Labute approximate surface area is 126 Å². The number of hydrogen-bond donors (Lipinski definition) is 0. The van der Waals surface area contributed by atoms with E-state index in [1.165, 1.54) is 16.7 Å². The first-order valence-corrected chi connectivity index (χ1v) is 7.37. The molecule has 20 heavy (non-hydrogen) atoms. The van der Waals surface area contributed by atoms with Crippen molar-refractivity contribution in [1.82, 2.24) is 0 Å². The molecule has 0 aliphatic heterocycles.